The molecule has 0 aliphatic rings. The second-order valence-electron chi connectivity index (χ2n) is 8.37. The fourth-order valence-electron chi connectivity index (χ4n) is 3.68. The van der Waals surface area contributed by atoms with E-state index >= 15 is 0 Å². The molecule has 0 fully saturated rings. The third-order valence-corrected chi connectivity index (χ3v) is 5.53. The summed E-state index contributed by atoms with van der Waals surface area (Å²) in [6.45, 7) is 2.25. The van der Waals surface area contributed by atoms with Gasteiger partial charge in [0.05, 0.1) is 30.0 Å². The molecule has 4 aromatic rings. The maximum atomic E-state index is 14.8. The van der Waals surface area contributed by atoms with E-state index in [2.05, 4.69) is 21.7 Å². The number of hydrogen-bond donors (Lipinski definition) is 2. The largest absolute Gasteiger partial charge is 0.492 e. The van der Waals surface area contributed by atoms with E-state index in [1.165, 1.54) is 42.6 Å². The molecule has 0 bridgehead atoms. The first-order valence-electron chi connectivity index (χ1n) is 12.3. The Labute approximate surface area is 228 Å². The molecule has 0 saturated carbocycles. The lowest BCUT2D eigenvalue weighted by Crippen LogP contribution is -2.20. The summed E-state index contributed by atoms with van der Waals surface area (Å²) in [5, 5.41) is 15.0. The van der Waals surface area contributed by atoms with Crippen molar-refractivity contribution in [2.24, 2.45) is 0 Å². The smallest absolute Gasteiger partial charge is 0.323 e. The highest BCUT2D eigenvalue weighted by Crippen LogP contribution is 2.34. The molecule has 4 rings (SSSR count). The molecule has 3 aromatic carbocycles. The number of rotatable bonds is 10. The molecule has 2 N–H and O–H groups in total. The van der Waals surface area contributed by atoms with E-state index in [-0.39, 0.29) is 36.0 Å². The van der Waals surface area contributed by atoms with Crippen molar-refractivity contribution in [1.82, 2.24) is 4.98 Å². The van der Waals surface area contributed by atoms with E-state index < -0.39 is 17.7 Å². The molecule has 1 aromatic heterocycles. The fraction of sp³-hybridized carbons (Fsp3) is 0.172. The average molecular weight is 547 g/mol. The van der Waals surface area contributed by atoms with Crippen molar-refractivity contribution in [2.45, 2.75) is 19.8 Å². The van der Waals surface area contributed by atoms with Crippen LogP contribution >= 0.6 is 0 Å². The van der Waals surface area contributed by atoms with Gasteiger partial charge in [0.15, 0.2) is 0 Å². The van der Waals surface area contributed by atoms with Crippen molar-refractivity contribution < 1.29 is 32.6 Å². The minimum absolute atomic E-state index is 0.0944. The molecule has 0 atom stereocenters. The van der Waals surface area contributed by atoms with Crippen LogP contribution in [0.1, 0.15) is 25.3 Å². The average Bonchev–Trinajstić information content (AvgIpc) is 2.94. The monoisotopic (exact) mass is 546 g/mol. The first-order valence-corrected chi connectivity index (χ1v) is 12.3. The van der Waals surface area contributed by atoms with Crippen molar-refractivity contribution in [1.29, 1.82) is 5.26 Å². The molecular weight excluding hydrogens is 522 g/mol. The molecular formula is C29H24F2N4O5. The summed E-state index contributed by atoms with van der Waals surface area (Å²) in [7, 11) is 0. The number of pyridine rings is 1. The Bertz CT molecular complexity index is 1570. The summed E-state index contributed by atoms with van der Waals surface area (Å²) < 4.78 is 44.3. The second-order valence-corrected chi connectivity index (χ2v) is 8.37. The van der Waals surface area contributed by atoms with E-state index in [4.69, 9.17) is 14.2 Å². The van der Waals surface area contributed by atoms with Crippen LogP contribution in [0.4, 0.5) is 25.0 Å². The molecule has 0 saturated heterocycles. The Morgan fingerprint density at radius 1 is 1.00 bits per heavy atom. The minimum Gasteiger partial charge on any atom is -0.492 e. The number of aromatic nitrogens is 1. The van der Waals surface area contributed by atoms with Gasteiger partial charge in [-0.25, -0.2) is 13.6 Å². The number of amides is 2. The van der Waals surface area contributed by atoms with E-state index in [1.807, 2.05) is 0 Å². The molecule has 204 valence electrons. The van der Waals surface area contributed by atoms with E-state index in [9.17, 15) is 23.6 Å². The SMILES string of the molecule is CCOC(=O)CCCOc1cc2nccc(Oc3ccc(NC(=O)Nc4ccc(F)cc4)c(F)c3)c2cc1C#N. The molecule has 2 amide bonds. The summed E-state index contributed by atoms with van der Waals surface area (Å²) >= 11 is 0. The van der Waals surface area contributed by atoms with Gasteiger partial charge in [0, 0.05) is 35.8 Å². The lowest BCUT2D eigenvalue weighted by atomic mass is 10.1. The van der Waals surface area contributed by atoms with Crippen molar-refractivity contribution in [2.75, 3.05) is 23.8 Å². The highest BCUT2D eigenvalue weighted by molar-refractivity contribution is 5.99. The van der Waals surface area contributed by atoms with Gasteiger partial charge >= 0.3 is 12.0 Å². The zero-order valence-electron chi connectivity index (χ0n) is 21.4. The lowest BCUT2D eigenvalue weighted by molar-refractivity contribution is -0.143. The predicted molar refractivity (Wildman–Crippen MR) is 143 cm³/mol. The van der Waals surface area contributed by atoms with Crippen LogP contribution in [-0.2, 0) is 9.53 Å². The van der Waals surface area contributed by atoms with Gasteiger partial charge in [0.1, 0.15) is 35.0 Å². The molecule has 9 nitrogen and oxygen atoms in total. The van der Waals surface area contributed by atoms with Crippen LogP contribution < -0.4 is 20.1 Å². The van der Waals surface area contributed by atoms with Gasteiger partial charge in [-0.2, -0.15) is 5.26 Å². The van der Waals surface area contributed by atoms with Crippen molar-refractivity contribution in [3.8, 4) is 23.3 Å². The summed E-state index contributed by atoms with van der Waals surface area (Å²) in [5.41, 5.74) is 0.960. The van der Waals surface area contributed by atoms with Crippen molar-refractivity contribution in [3.05, 3.63) is 84.1 Å². The lowest BCUT2D eigenvalue weighted by Gasteiger charge is -2.13. The number of esters is 1. The number of carbonyl (C=O) groups excluding carboxylic acids is 2. The summed E-state index contributed by atoms with van der Waals surface area (Å²) in [6.07, 6.45) is 2.12. The van der Waals surface area contributed by atoms with Crippen LogP contribution in [0.25, 0.3) is 10.9 Å². The number of anilines is 2. The molecule has 0 spiro atoms. The number of halogens is 2. The van der Waals surface area contributed by atoms with Crippen LogP contribution in [-0.4, -0.2) is 30.2 Å². The van der Waals surface area contributed by atoms with Gasteiger partial charge in [-0.05, 0) is 61.9 Å². The number of urea groups is 1. The Morgan fingerprint density at radius 2 is 1.80 bits per heavy atom. The maximum Gasteiger partial charge on any atom is 0.323 e. The Hall–Kier alpha value is -5.24. The molecule has 0 aliphatic carbocycles. The number of nitriles is 1. The number of nitrogens with zero attached hydrogens (tertiary/aromatic N) is 2. The zero-order chi connectivity index (χ0) is 28.5. The van der Waals surface area contributed by atoms with Crippen LogP contribution in [0.15, 0.2) is 66.9 Å². The van der Waals surface area contributed by atoms with Crippen molar-refractivity contribution in [3.63, 3.8) is 0 Å². The van der Waals surface area contributed by atoms with Crippen LogP contribution in [0.3, 0.4) is 0 Å². The Morgan fingerprint density at radius 3 is 2.52 bits per heavy atom. The fourth-order valence-corrected chi connectivity index (χ4v) is 3.68. The predicted octanol–water partition coefficient (Wildman–Crippen LogP) is 6.54. The molecule has 0 aliphatic heterocycles. The Kier molecular flexibility index (Phi) is 9.04. The van der Waals surface area contributed by atoms with E-state index in [1.54, 1.807) is 25.1 Å². The van der Waals surface area contributed by atoms with E-state index in [0.29, 0.717) is 41.1 Å². The third-order valence-electron chi connectivity index (χ3n) is 5.53. The quantitative estimate of drug-likeness (QED) is 0.171. The number of ether oxygens (including phenoxy) is 3. The number of carbonyl (C=O) groups is 2. The number of hydrogen-bond acceptors (Lipinski definition) is 7. The second kappa shape index (κ2) is 13.0. The maximum absolute atomic E-state index is 14.8. The van der Waals surface area contributed by atoms with Crippen molar-refractivity contribution >= 4 is 34.3 Å². The van der Waals surface area contributed by atoms with Crippen LogP contribution in [0, 0.1) is 23.0 Å². The highest BCUT2D eigenvalue weighted by Gasteiger charge is 2.14. The van der Waals surface area contributed by atoms with Gasteiger partial charge in [-0.3, -0.25) is 9.78 Å². The number of nitrogens with one attached hydrogen (secondary N) is 2. The molecule has 0 unspecified atom stereocenters. The van der Waals surface area contributed by atoms with Gasteiger partial charge in [-0.1, -0.05) is 0 Å². The van der Waals surface area contributed by atoms with E-state index in [0.717, 1.165) is 6.07 Å². The zero-order valence-corrected chi connectivity index (χ0v) is 21.4. The number of fused-ring (bicyclic) bond motifs is 1. The summed E-state index contributed by atoms with van der Waals surface area (Å²) in [5.74, 6) is -0.737. The van der Waals surface area contributed by atoms with Gasteiger partial charge in [-0.15, -0.1) is 0 Å². The molecule has 1 heterocycles. The molecule has 40 heavy (non-hydrogen) atoms. The number of benzene rings is 3. The topological polar surface area (TPSA) is 123 Å². The summed E-state index contributed by atoms with van der Waals surface area (Å²) in [4.78, 5) is 28.0. The first-order chi connectivity index (χ1) is 19.4. The van der Waals surface area contributed by atoms with Gasteiger partial charge in [0.2, 0.25) is 0 Å². The summed E-state index contributed by atoms with van der Waals surface area (Å²) in [6, 6.07) is 15.1. The van der Waals surface area contributed by atoms with Gasteiger partial charge < -0.3 is 24.8 Å². The van der Waals surface area contributed by atoms with Crippen LogP contribution in [0.5, 0.6) is 17.2 Å². The highest BCUT2D eigenvalue weighted by atomic mass is 19.1. The third kappa shape index (κ3) is 7.20. The molecule has 11 heteroatoms. The first kappa shape index (κ1) is 27.8. The standard InChI is InChI=1S/C29H24F2N4O5/c1-2-38-28(36)4-3-13-39-27-16-25-22(14-18(27)17-32)26(11-12-33-25)40-21-9-10-24(23(31)15-21)35-29(37)34-20-7-5-19(30)6-8-20/h5-12,14-16H,2-4,13H2,1H3,(H2,34,35,37). The van der Waals surface area contributed by atoms with Gasteiger partial charge in [0.25, 0.3) is 0 Å². The minimum atomic E-state index is -0.749. The molecule has 0 radical (unpaired) electrons. The Balaban J connectivity index is 1.45. The normalized spacial score (nSPS) is 10.4. The van der Waals surface area contributed by atoms with Crippen LogP contribution in [0.2, 0.25) is 0 Å².